The molecule has 0 aliphatic rings. The fourth-order valence-corrected chi connectivity index (χ4v) is 1.16. The van der Waals surface area contributed by atoms with E-state index in [-0.39, 0.29) is 23.1 Å². The van der Waals surface area contributed by atoms with E-state index in [0.717, 1.165) is 0 Å². The molecule has 0 aliphatic heterocycles. The average Bonchev–Trinajstić information content (AvgIpc) is 2.67. The van der Waals surface area contributed by atoms with Gasteiger partial charge in [0.2, 0.25) is 0 Å². The van der Waals surface area contributed by atoms with Crippen molar-refractivity contribution in [2.24, 2.45) is 10.2 Å². The lowest BCUT2D eigenvalue weighted by Crippen LogP contribution is -1.85. The van der Waals surface area contributed by atoms with Gasteiger partial charge in [0.05, 0.1) is 10.6 Å². The number of azo groups is 1. The molecule has 9 heteroatoms. The number of hydrogen-bond donors (Lipinski definition) is 2. The Labute approximate surface area is 100 Å². The zero-order valence-corrected chi connectivity index (χ0v) is 8.98. The van der Waals surface area contributed by atoms with E-state index in [1.54, 1.807) is 0 Å². The van der Waals surface area contributed by atoms with Crippen molar-refractivity contribution in [2.45, 2.75) is 0 Å². The minimum atomic E-state index is -0.503. The molecule has 92 valence electrons. The molecule has 1 heterocycles. The maximum atomic E-state index is 10.4. The van der Waals surface area contributed by atoms with Gasteiger partial charge in [0.15, 0.2) is 11.5 Å². The lowest BCUT2D eigenvalue weighted by atomic mass is 10.3. The van der Waals surface area contributed by atoms with Crippen LogP contribution in [0.25, 0.3) is 0 Å². The summed E-state index contributed by atoms with van der Waals surface area (Å²) in [7, 11) is 0. The number of nitro benzene ring substituents is 1. The molecule has 9 nitrogen and oxygen atoms in total. The number of nitrogen functional groups attached to an aromatic ring is 2. The van der Waals surface area contributed by atoms with Crippen LogP contribution in [0.2, 0.25) is 0 Å². The predicted octanol–water partition coefficient (Wildman–Crippen LogP) is 2.16. The average molecular weight is 248 g/mol. The highest BCUT2D eigenvalue weighted by Gasteiger charge is 2.09. The number of nitrogens with zero attached hydrogens (tertiary/aromatic N) is 4. The van der Waals surface area contributed by atoms with Crippen LogP contribution in [0, 0.1) is 10.1 Å². The van der Waals surface area contributed by atoms with Crippen LogP contribution in [0.3, 0.4) is 0 Å². The summed E-state index contributed by atoms with van der Waals surface area (Å²) in [6.07, 6.45) is 0. The molecule has 0 saturated carbocycles. The van der Waals surface area contributed by atoms with Crippen LogP contribution in [-0.2, 0) is 0 Å². The highest BCUT2D eigenvalue weighted by atomic mass is 16.6. The van der Waals surface area contributed by atoms with Crippen molar-refractivity contribution in [1.29, 1.82) is 0 Å². The first-order chi connectivity index (χ1) is 8.58. The van der Waals surface area contributed by atoms with Gasteiger partial charge in [0, 0.05) is 12.1 Å². The molecule has 18 heavy (non-hydrogen) atoms. The normalized spacial score (nSPS) is 10.9. The van der Waals surface area contributed by atoms with Crippen LogP contribution in [0.15, 0.2) is 39.0 Å². The SMILES string of the molecule is Nc1noc(N)c1N=Nc1ccc([N+](=O)[O-])cc1. The van der Waals surface area contributed by atoms with Gasteiger partial charge in [-0.15, -0.1) is 5.11 Å². The van der Waals surface area contributed by atoms with Gasteiger partial charge >= 0.3 is 0 Å². The van der Waals surface area contributed by atoms with Crippen LogP contribution in [0.4, 0.5) is 28.8 Å². The lowest BCUT2D eigenvalue weighted by molar-refractivity contribution is -0.384. The van der Waals surface area contributed by atoms with Gasteiger partial charge in [-0.3, -0.25) is 10.1 Å². The van der Waals surface area contributed by atoms with E-state index in [1.807, 2.05) is 0 Å². The third-order valence-electron chi connectivity index (χ3n) is 2.04. The molecule has 0 atom stereocenters. The summed E-state index contributed by atoms with van der Waals surface area (Å²) in [5.74, 6) is -0.0173. The number of nitrogens with two attached hydrogens (primary N) is 2. The number of anilines is 2. The summed E-state index contributed by atoms with van der Waals surface area (Å²) in [4.78, 5) is 9.94. The van der Waals surface area contributed by atoms with E-state index in [0.29, 0.717) is 5.69 Å². The Kier molecular flexibility index (Phi) is 2.87. The molecule has 0 fully saturated rings. The number of hydrogen-bond acceptors (Lipinski definition) is 8. The van der Waals surface area contributed by atoms with Gasteiger partial charge in [-0.05, 0) is 12.1 Å². The van der Waals surface area contributed by atoms with Gasteiger partial charge in [-0.2, -0.15) is 5.11 Å². The number of benzene rings is 1. The van der Waals surface area contributed by atoms with Gasteiger partial charge in [0.1, 0.15) is 0 Å². The predicted molar refractivity (Wildman–Crippen MR) is 62.6 cm³/mol. The van der Waals surface area contributed by atoms with Crippen LogP contribution >= 0.6 is 0 Å². The molecule has 4 N–H and O–H groups in total. The van der Waals surface area contributed by atoms with E-state index in [4.69, 9.17) is 11.5 Å². The Morgan fingerprint density at radius 1 is 1.22 bits per heavy atom. The Hall–Kier alpha value is -2.97. The Balaban J connectivity index is 2.21. The minimum absolute atomic E-state index is 0.0261. The Morgan fingerprint density at radius 3 is 2.39 bits per heavy atom. The van der Waals surface area contributed by atoms with Crippen molar-refractivity contribution < 1.29 is 9.45 Å². The zero-order valence-electron chi connectivity index (χ0n) is 8.98. The third kappa shape index (κ3) is 2.24. The van der Waals surface area contributed by atoms with Gasteiger partial charge in [0.25, 0.3) is 11.6 Å². The van der Waals surface area contributed by atoms with E-state index in [1.165, 1.54) is 24.3 Å². The first kappa shape index (κ1) is 11.5. The molecule has 0 unspecified atom stereocenters. The van der Waals surface area contributed by atoms with Crippen molar-refractivity contribution in [1.82, 2.24) is 5.16 Å². The van der Waals surface area contributed by atoms with Gasteiger partial charge < -0.3 is 16.0 Å². The van der Waals surface area contributed by atoms with Crippen LogP contribution in [0.1, 0.15) is 0 Å². The molecule has 0 aliphatic carbocycles. The molecule has 1 aromatic carbocycles. The number of non-ortho nitro benzene ring substituents is 1. The summed E-state index contributed by atoms with van der Waals surface area (Å²) in [6.45, 7) is 0. The van der Waals surface area contributed by atoms with Gasteiger partial charge in [-0.1, -0.05) is 5.16 Å². The fraction of sp³-hybridized carbons (Fsp3) is 0. The highest BCUT2D eigenvalue weighted by molar-refractivity contribution is 5.68. The summed E-state index contributed by atoms with van der Waals surface area (Å²) in [5, 5.41) is 21.4. The third-order valence-corrected chi connectivity index (χ3v) is 2.04. The first-order valence-electron chi connectivity index (χ1n) is 4.74. The van der Waals surface area contributed by atoms with Crippen molar-refractivity contribution in [2.75, 3.05) is 11.5 Å². The van der Waals surface area contributed by atoms with E-state index >= 15 is 0 Å². The molecule has 0 spiro atoms. The van der Waals surface area contributed by atoms with Crippen molar-refractivity contribution >= 4 is 28.8 Å². The Morgan fingerprint density at radius 2 is 1.89 bits per heavy atom. The molecular weight excluding hydrogens is 240 g/mol. The topological polar surface area (TPSA) is 146 Å². The molecule has 0 amide bonds. The second kappa shape index (κ2) is 4.49. The number of nitro groups is 1. The van der Waals surface area contributed by atoms with Crippen LogP contribution in [0.5, 0.6) is 0 Å². The zero-order chi connectivity index (χ0) is 13.1. The first-order valence-corrected chi connectivity index (χ1v) is 4.74. The number of aromatic nitrogens is 1. The number of rotatable bonds is 3. The molecule has 0 radical (unpaired) electrons. The largest absolute Gasteiger partial charge is 0.379 e. The second-order valence-corrected chi connectivity index (χ2v) is 3.25. The lowest BCUT2D eigenvalue weighted by Gasteiger charge is -1.92. The van der Waals surface area contributed by atoms with E-state index in [9.17, 15) is 10.1 Å². The second-order valence-electron chi connectivity index (χ2n) is 3.25. The summed E-state index contributed by atoms with van der Waals surface area (Å²) in [5.41, 5.74) is 11.4. The van der Waals surface area contributed by atoms with Crippen molar-refractivity contribution in [3.63, 3.8) is 0 Å². The highest BCUT2D eigenvalue weighted by Crippen LogP contribution is 2.30. The summed E-state index contributed by atoms with van der Waals surface area (Å²) < 4.78 is 4.59. The Bertz CT molecular complexity index is 584. The molecular formula is C9H8N6O3. The van der Waals surface area contributed by atoms with E-state index in [2.05, 4.69) is 19.9 Å². The minimum Gasteiger partial charge on any atom is -0.379 e. The monoisotopic (exact) mass is 248 g/mol. The van der Waals surface area contributed by atoms with Crippen LogP contribution in [-0.4, -0.2) is 10.1 Å². The standard InChI is InChI=1S/C9H8N6O3/c10-8-7(9(11)18-14-8)13-12-5-1-3-6(4-2-5)15(16)17/h1-4H,11H2,(H2,10,14). The molecule has 0 bridgehead atoms. The fourth-order valence-electron chi connectivity index (χ4n) is 1.16. The smallest absolute Gasteiger partial charge is 0.269 e. The maximum absolute atomic E-state index is 10.4. The van der Waals surface area contributed by atoms with Crippen molar-refractivity contribution in [3.05, 3.63) is 34.4 Å². The quantitative estimate of drug-likeness (QED) is 0.483. The maximum Gasteiger partial charge on any atom is 0.269 e. The molecule has 2 rings (SSSR count). The van der Waals surface area contributed by atoms with Crippen molar-refractivity contribution in [3.8, 4) is 0 Å². The summed E-state index contributed by atoms with van der Waals surface area (Å²) >= 11 is 0. The molecule has 0 saturated heterocycles. The molecule has 2 aromatic rings. The van der Waals surface area contributed by atoms with Crippen LogP contribution < -0.4 is 11.5 Å². The summed E-state index contributed by atoms with van der Waals surface area (Å²) in [6, 6.07) is 5.52. The van der Waals surface area contributed by atoms with Gasteiger partial charge in [-0.25, -0.2) is 0 Å². The van der Waals surface area contributed by atoms with E-state index < -0.39 is 4.92 Å². The molecule has 1 aromatic heterocycles.